The highest BCUT2D eigenvalue weighted by atomic mass is 15.0. The summed E-state index contributed by atoms with van der Waals surface area (Å²) < 4.78 is 0. The Bertz CT molecular complexity index is 1010. The molecule has 0 spiro atoms. The summed E-state index contributed by atoms with van der Waals surface area (Å²) in [6, 6.07) is 8.26. The molecule has 0 radical (unpaired) electrons. The fraction of sp³-hybridized carbons (Fsp3) is 0.346. The van der Waals surface area contributed by atoms with Gasteiger partial charge in [-0.2, -0.15) is 0 Å². The van der Waals surface area contributed by atoms with Crippen LogP contribution in [0.3, 0.4) is 0 Å². The maximum absolute atomic E-state index is 4.93. The number of aliphatic imine (C=N–C) groups is 1. The van der Waals surface area contributed by atoms with E-state index in [-0.39, 0.29) is 0 Å². The molecule has 32 heavy (non-hydrogen) atoms. The highest BCUT2D eigenvalue weighted by Gasteiger charge is 2.17. The van der Waals surface area contributed by atoms with Crippen molar-refractivity contribution in [3.63, 3.8) is 0 Å². The van der Waals surface area contributed by atoms with Crippen molar-refractivity contribution >= 4 is 17.1 Å². The minimum absolute atomic E-state index is 0.597. The smallest absolute Gasteiger partial charge is 0.161 e. The number of hydrogen-bond donors (Lipinski definition) is 2. The van der Waals surface area contributed by atoms with Gasteiger partial charge in [-0.15, -0.1) is 0 Å². The Kier molecular flexibility index (Phi) is 8.34. The first kappa shape index (κ1) is 23.4. The summed E-state index contributed by atoms with van der Waals surface area (Å²) >= 11 is 0. The number of allylic oxidation sites excluding steroid dienone is 4. The summed E-state index contributed by atoms with van der Waals surface area (Å²) in [6.45, 7) is 8.94. The maximum atomic E-state index is 4.93. The van der Waals surface area contributed by atoms with Gasteiger partial charge >= 0.3 is 0 Å². The lowest BCUT2D eigenvalue weighted by Crippen LogP contribution is -2.19. The van der Waals surface area contributed by atoms with E-state index in [1.165, 1.54) is 6.42 Å². The highest BCUT2D eigenvalue weighted by molar-refractivity contribution is 6.11. The molecule has 2 N–H and O–H groups in total. The molecular weight excluding hydrogens is 396 g/mol. The lowest BCUT2D eigenvalue weighted by molar-refractivity contribution is 0.566. The van der Waals surface area contributed by atoms with E-state index in [1.54, 1.807) is 7.05 Å². The monoisotopic (exact) mass is 430 g/mol. The molecule has 1 aliphatic heterocycles. The second-order valence-electron chi connectivity index (χ2n) is 8.14. The molecule has 1 atom stereocenters. The third-order valence-corrected chi connectivity index (χ3v) is 5.42. The van der Waals surface area contributed by atoms with E-state index in [9.17, 15) is 0 Å². The number of nitrogens with zero attached hydrogens (tertiary/aromatic N) is 4. The SMILES string of the molecule is C=C/C(=C\N(C)C)c1cccc(-c2ncc(C(/C=C\C)=NC)c(NC[C@H]3CCNC3)n2)c1. The van der Waals surface area contributed by atoms with Gasteiger partial charge in [-0.25, -0.2) is 9.97 Å². The average molecular weight is 431 g/mol. The predicted molar refractivity (Wildman–Crippen MR) is 136 cm³/mol. The van der Waals surface area contributed by atoms with Crippen LogP contribution in [0.4, 0.5) is 5.82 Å². The molecule has 1 aliphatic rings. The molecule has 168 valence electrons. The molecule has 1 saturated heterocycles. The summed E-state index contributed by atoms with van der Waals surface area (Å²) in [5, 5.41) is 7.00. The highest BCUT2D eigenvalue weighted by Crippen LogP contribution is 2.25. The van der Waals surface area contributed by atoms with Crippen molar-refractivity contribution < 1.29 is 0 Å². The Morgan fingerprint density at radius 2 is 2.22 bits per heavy atom. The Labute approximate surface area is 191 Å². The molecule has 1 aromatic heterocycles. The number of hydrogen-bond acceptors (Lipinski definition) is 6. The van der Waals surface area contributed by atoms with Crippen LogP contribution >= 0.6 is 0 Å². The van der Waals surface area contributed by atoms with Gasteiger partial charge in [0.1, 0.15) is 5.82 Å². The fourth-order valence-corrected chi connectivity index (χ4v) is 3.78. The van der Waals surface area contributed by atoms with E-state index in [4.69, 9.17) is 9.97 Å². The van der Waals surface area contributed by atoms with Crippen molar-refractivity contribution in [2.45, 2.75) is 13.3 Å². The topological polar surface area (TPSA) is 65.4 Å². The minimum atomic E-state index is 0.597. The number of aromatic nitrogens is 2. The van der Waals surface area contributed by atoms with Crippen LogP contribution in [0, 0.1) is 5.92 Å². The molecule has 1 aromatic carbocycles. The summed E-state index contributed by atoms with van der Waals surface area (Å²) in [6.07, 6.45) is 10.9. The lowest BCUT2D eigenvalue weighted by atomic mass is 10.0. The minimum Gasteiger partial charge on any atom is -0.383 e. The predicted octanol–water partition coefficient (Wildman–Crippen LogP) is 4.25. The summed E-state index contributed by atoms with van der Waals surface area (Å²) in [7, 11) is 5.81. The molecule has 0 amide bonds. The zero-order chi connectivity index (χ0) is 22.9. The van der Waals surface area contributed by atoms with E-state index >= 15 is 0 Å². The zero-order valence-corrected chi connectivity index (χ0v) is 19.6. The van der Waals surface area contributed by atoms with Gasteiger partial charge < -0.3 is 15.5 Å². The third-order valence-electron chi connectivity index (χ3n) is 5.42. The average Bonchev–Trinajstić information content (AvgIpc) is 3.33. The van der Waals surface area contributed by atoms with Crippen LogP contribution < -0.4 is 10.6 Å². The van der Waals surface area contributed by atoms with Crippen LogP contribution in [0.1, 0.15) is 24.5 Å². The van der Waals surface area contributed by atoms with Crippen LogP contribution in [0.5, 0.6) is 0 Å². The number of nitrogens with one attached hydrogen (secondary N) is 2. The summed E-state index contributed by atoms with van der Waals surface area (Å²) in [4.78, 5) is 16.1. The molecule has 0 unspecified atom stereocenters. The van der Waals surface area contributed by atoms with Gasteiger partial charge in [-0.1, -0.05) is 36.9 Å². The number of anilines is 1. The first-order valence-electron chi connectivity index (χ1n) is 11.1. The number of rotatable bonds is 9. The second-order valence-corrected chi connectivity index (χ2v) is 8.14. The molecule has 0 aliphatic carbocycles. The largest absolute Gasteiger partial charge is 0.383 e. The van der Waals surface area contributed by atoms with Crippen molar-refractivity contribution in [3.05, 3.63) is 72.6 Å². The number of benzene rings is 1. The Morgan fingerprint density at radius 3 is 2.88 bits per heavy atom. The first-order chi connectivity index (χ1) is 15.5. The van der Waals surface area contributed by atoms with Gasteiger partial charge in [0.25, 0.3) is 0 Å². The molecule has 1 fully saturated rings. The third kappa shape index (κ3) is 5.92. The molecular formula is C26H34N6. The van der Waals surface area contributed by atoms with Crippen LogP contribution in [0.25, 0.3) is 17.0 Å². The van der Waals surface area contributed by atoms with Crippen molar-refractivity contribution in [1.29, 1.82) is 0 Å². The Hall–Kier alpha value is -3.25. The van der Waals surface area contributed by atoms with Crippen LogP contribution in [-0.2, 0) is 0 Å². The normalized spacial score (nSPS) is 17.1. The van der Waals surface area contributed by atoms with E-state index in [0.29, 0.717) is 11.7 Å². The molecule has 2 heterocycles. The maximum Gasteiger partial charge on any atom is 0.161 e. The standard InChI is InChI=1S/C26H34N6/c1-6-9-24(27-3)23-17-30-25(31-26(23)29-16-19-12-13-28-15-19)22-11-8-10-21(14-22)20(7-2)18-32(4)5/h6-11,14,17-19,28H,2,12-13,15-16H2,1,3-5H3,(H,29,30,31)/b9-6-,20-18+,27-24?/t19-/m0/s1. The first-order valence-corrected chi connectivity index (χ1v) is 11.1. The van der Waals surface area contributed by atoms with Gasteiger partial charge in [-0.3, -0.25) is 4.99 Å². The molecule has 0 saturated carbocycles. The zero-order valence-electron chi connectivity index (χ0n) is 19.6. The summed E-state index contributed by atoms with van der Waals surface area (Å²) in [5.41, 5.74) is 4.87. The van der Waals surface area contributed by atoms with Crippen LogP contribution in [-0.4, -0.2) is 61.4 Å². The molecule has 0 bridgehead atoms. The fourth-order valence-electron chi connectivity index (χ4n) is 3.78. The van der Waals surface area contributed by atoms with Gasteiger partial charge in [0.2, 0.25) is 0 Å². The Morgan fingerprint density at radius 1 is 1.38 bits per heavy atom. The quantitative estimate of drug-likeness (QED) is 0.460. The molecule has 3 rings (SSSR count). The van der Waals surface area contributed by atoms with Crippen LogP contribution in [0.2, 0.25) is 0 Å². The second kappa shape index (κ2) is 11.4. The van der Waals surface area contributed by atoms with Crippen molar-refractivity contribution in [2.24, 2.45) is 10.9 Å². The van der Waals surface area contributed by atoms with E-state index in [2.05, 4.69) is 40.5 Å². The molecule has 2 aromatic rings. The van der Waals surface area contributed by atoms with Gasteiger partial charge in [0, 0.05) is 45.6 Å². The van der Waals surface area contributed by atoms with Crippen molar-refractivity contribution in [3.8, 4) is 11.4 Å². The van der Waals surface area contributed by atoms with E-state index in [1.807, 2.05) is 62.5 Å². The van der Waals surface area contributed by atoms with E-state index < -0.39 is 0 Å². The van der Waals surface area contributed by atoms with Crippen LogP contribution in [0.15, 0.2) is 66.5 Å². The molecule has 6 heteroatoms. The van der Waals surface area contributed by atoms with Gasteiger partial charge in [0.15, 0.2) is 5.82 Å². The van der Waals surface area contributed by atoms with Gasteiger partial charge in [-0.05, 0) is 55.6 Å². The van der Waals surface area contributed by atoms with Crippen molar-refractivity contribution in [2.75, 3.05) is 46.1 Å². The lowest BCUT2D eigenvalue weighted by Gasteiger charge is -2.15. The van der Waals surface area contributed by atoms with Crippen molar-refractivity contribution in [1.82, 2.24) is 20.2 Å². The Balaban J connectivity index is 1.99. The molecule has 6 nitrogen and oxygen atoms in total. The van der Waals surface area contributed by atoms with E-state index in [0.717, 1.165) is 53.4 Å². The summed E-state index contributed by atoms with van der Waals surface area (Å²) in [5.74, 6) is 2.10. The van der Waals surface area contributed by atoms with Gasteiger partial charge in [0.05, 0.1) is 11.3 Å².